The van der Waals surface area contributed by atoms with E-state index in [4.69, 9.17) is 0 Å². The van der Waals surface area contributed by atoms with Gasteiger partial charge in [0, 0.05) is 24.2 Å². The van der Waals surface area contributed by atoms with Crippen molar-refractivity contribution in [3.05, 3.63) is 18.1 Å². The molecular formula is C17H30N4. The Morgan fingerprint density at radius 1 is 1.14 bits per heavy atom. The van der Waals surface area contributed by atoms with E-state index in [1.165, 1.54) is 32.1 Å². The zero-order valence-electron chi connectivity index (χ0n) is 13.8. The average molecular weight is 290 g/mol. The maximum atomic E-state index is 4.59. The van der Waals surface area contributed by atoms with Gasteiger partial charge in [0.15, 0.2) is 0 Å². The van der Waals surface area contributed by atoms with Crippen LogP contribution in [-0.4, -0.2) is 29.1 Å². The van der Waals surface area contributed by atoms with Crippen molar-refractivity contribution >= 4 is 5.82 Å². The first-order chi connectivity index (χ1) is 10.1. The molecule has 118 valence electrons. The van der Waals surface area contributed by atoms with Gasteiger partial charge in [-0.1, -0.05) is 40.0 Å². The summed E-state index contributed by atoms with van der Waals surface area (Å²) in [6, 6.07) is 2.70. The molecule has 0 saturated heterocycles. The largest absolute Gasteiger partial charge is 0.370 e. The fourth-order valence-electron chi connectivity index (χ4n) is 2.74. The minimum Gasteiger partial charge on any atom is -0.370 e. The van der Waals surface area contributed by atoms with Crippen molar-refractivity contribution in [2.45, 2.75) is 70.8 Å². The molecule has 1 heterocycles. The van der Waals surface area contributed by atoms with Gasteiger partial charge in [-0.15, -0.1) is 0 Å². The lowest BCUT2D eigenvalue weighted by Crippen LogP contribution is -2.32. The molecule has 0 radical (unpaired) electrons. The van der Waals surface area contributed by atoms with Crippen LogP contribution in [0.15, 0.2) is 12.3 Å². The summed E-state index contributed by atoms with van der Waals surface area (Å²) in [6.07, 6.45) is 9.90. The first-order valence-corrected chi connectivity index (χ1v) is 8.36. The molecule has 0 aliphatic heterocycles. The SMILES string of the molecule is CC(C)(C)c1nccc(NCCCNC2CCCCC2)n1. The highest BCUT2D eigenvalue weighted by Crippen LogP contribution is 2.19. The van der Waals surface area contributed by atoms with Gasteiger partial charge in [-0.3, -0.25) is 0 Å². The molecular weight excluding hydrogens is 260 g/mol. The number of nitrogens with one attached hydrogen (secondary N) is 2. The van der Waals surface area contributed by atoms with Gasteiger partial charge >= 0.3 is 0 Å². The monoisotopic (exact) mass is 290 g/mol. The van der Waals surface area contributed by atoms with Crippen molar-refractivity contribution in [1.82, 2.24) is 15.3 Å². The van der Waals surface area contributed by atoms with Crippen LogP contribution in [0.25, 0.3) is 0 Å². The molecule has 4 nitrogen and oxygen atoms in total. The highest BCUT2D eigenvalue weighted by Gasteiger charge is 2.17. The van der Waals surface area contributed by atoms with Gasteiger partial charge in [0.25, 0.3) is 0 Å². The Morgan fingerprint density at radius 3 is 2.62 bits per heavy atom. The fraction of sp³-hybridized carbons (Fsp3) is 0.765. The highest BCUT2D eigenvalue weighted by atomic mass is 15.0. The summed E-state index contributed by atoms with van der Waals surface area (Å²) in [6.45, 7) is 8.47. The summed E-state index contributed by atoms with van der Waals surface area (Å²) in [5.41, 5.74) is 0.000226. The van der Waals surface area contributed by atoms with Crippen molar-refractivity contribution in [3.63, 3.8) is 0 Å². The number of rotatable bonds is 6. The number of hydrogen-bond donors (Lipinski definition) is 2. The van der Waals surface area contributed by atoms with Crippen LogP contribution >= 0.6 is 0 Å². The molecule has 0 unspecified atom stereocenters. The Morgan fingerprint density at radius 2 is 1.90 bits per heavy atom. The van der Waals surface area contributed by atoms with Crippen molar-refractivity contribution in [3.8, 4) is 0 Å². The normalized spacial score (nSPS) is 16.9. The minimum absolute atomic E-state index is 0.000226. The van der Waals surface area contributed by atoms with Gasteiger partial charge < -0.3 is 10.6 Å². The summed E-state index contributed by atoms with van der Waals surface area (Å²) in [5, 5.41) is 7.07. The summed E-state index contributed by atoms with van der Waals surface area (Å²) >= 11 is 0. The molecule has 1 aromatic heterocycles. The molecule has 2 N–H and O–H groups in total. The van der Waals surface area contributed by atoms with Crippen LogP contribution < -0.4 is 10.6 Å². The quantitative estimate of drug-likeness (QED) is 0.787. The molecule has 1 aliphatic rings. The summed E-state index contributed by atoms with van der Waals surface area (Å²) in [4.78, 5) is 8.94. The number of hydrogen-bond acceptors (Lipinski definition) is 4. The lowest BCUT2D eigenvalue weighted by Gasteiger charge is -2.22. The lowest BCUT2D eigenvalue weighted by molar-refractivity contribution is 0.373. The third-order valence-corrected chi connectivity index (χ3v) is 4.02. The Labute approximate surface area is 129 Å². The molecule has 0 amide bonds. The molecule has 0 atom stereocenters. The predicted octanol–water partition coefficient (Wildman–Crippen LogP) is 3.50. The Balaban J connectivity index is 1.66. The third kappa shape index (κ3) is 5.62. The van der Waals surface area contributed by atoms with Crippen molar-refractivity contribution in [2.75, 3.05) is 18.4 Å². The van der Waals surface area contributed by atoms with E-state index in [2.05, 4.69) is 41.4 Å². The molecule has 1 saturated carbocycles. The Bertz CT molecular complexity index is 419. The molecule has 0 spiro atoms. The van der Waals surface area contributed by atoms with Gasteiger partial charge in [0.2, 0.25) is 0 Å². The number of aromatic nitrogens is 2. The van der Waals surface area contributed by atoms with Gasteiger partial charge in [-0.25, -0.2) is 9.97 Å². The number of nitrogens with zero attached hydrogens (tertiary/aromatic N) is 2. The van der Waals surface area contributed by atoms with Crippen LogP contribution in [0, 0.1) is 0 Å². The fourth-order valence-corrected chi connectivity index (χ4v) is 2.74. The molecule has 4 heteroatoms. The van der Waals surface area contributed by atoms with E-state index in [1.54, 1.807) is 0 Å². The second-order valence-corrected chi connectivity index (χ2v) is 7.08. The van der Waals surface area contributed by atoms with Crippen LogP contribution in [0.1, 0.15) is 65.1 Å². The van der Waals surface area contributed by atoms with Crippen LogP contribution in [-0.2, 0) is 5.41 Å². The molecule has 21 heavy (non-hydrogen) atoms. The highest BCUT2D eigenvalue weighted by molar-refractivity contribution is 5.33. The molecule has 1 aliphatic carbocycles. The van der Waals surface area contributed by atoms with E-state index >= 15 is 0 Å². The Kier molecular flexibility index (Phi) is 5.97. The molecule has 0 aromatic carbocycles. The van der Waals surface area contributed by atoms with Crippen LogP contribution in [0.5, 0.6) is 0 Å². The Hall–Kier alpha value is -1.16. The average Bonchev–Trinajstić information content (AvgIpc) is 2.47. The van der Waals surface area contributed by atoms with Crippen molar-refractivity contribution < 1.29 is 0 Å². The summed E-state index contributed by atoms with van der Waals surface area (Å²) < 4.78 is 0. The maximum Gasteiger partial charge on any atom is 0.135 e. The summed E-state index contributed by atoms with van der Waals surface area (Å²) in [7, 11) is 0. The van der Waals surface area contributed by atoms with Crippen LogP contribution in [0.4, 0.5) is 5.82 Å². The van der Waals surface area contributed by atoms with E-state index in [0.717, 1.165) is 37.2 Å². The van der Waals surface area contributed by atoms with E-state index in [0.29, 0.717) is 0 Å². The lowest BCUT2D eigenvalue weighted by atomic mass is 9.95. The van der Waals surface area contributed by atoms with Crippen molar-refractivity contribution in [1.29, 1.82) is 0 Å². The van der Waals surface area contributed by atoms with Crippen molar-refractivity contribution in [2.24, 2.45) is 0 Å². The van der Waals surface area contributed by atoms with E-state index < -0.39 is 0 Å². The van der Waals surface area contributed by atoms with Crippen LogP contribution in [0.3, 0.4) is 0 Å². The molecule has 1 fully saturated rings. The molecule has 1 aromatic rings. The zero-order valence-corrected chi connectivity index (χ0v) is 13.8. The van der Waals surface area contributed by atoms with Gasteiger partial charge in [-0.2, -0.15) is 0 Å². The van der Waals surface area contributed by atoms with E-state index in [-0.39, 0.29) is 5.41 Å². The van der Waals surface area contributed by atoms with E-state index in [1.807, 2.05) is 12.3 Å². The molecule has 2 rings (SSSR count). The first-order valence-electron chi connectivity index (χ1n) is 8.36. The molecule has 0 bridgehead atoms. The van der Waals surface area contributed by atoms with E-state index in [9.17, 15) is 0 Å². The van der Waals surface area contributed by atoms with Gasteiger partial charge in [0.05, 0.1) is 0 Å². The van der Waals surface area contributed by atoms with Gasteiger partial charge in [0.1, 0.15) is 11.6 Å². The third-order valence-electron chi connectivity index (χ3n) is 4.02. The van der Waals surface area contributed by atoms with Gasteiger partial charge in [-0.05, 0) is 31.9 Å². The maximum absolute atomic E-state index is 4.59. The standard InChI is InChI=1S/C17H30N4/c1-17(2,3)16-20-13-10-15(21-16)19-12-7-11-18-14-8-5-4-6-9-14/h10,13-14,18H,4-9,11-12H2,1-3H3,(H,19,20,21). The zero-order chi connectivity index (χ0) is 15.1. The van der Waals surface area contributed by atoms with Crippen LogP contribution in [0.2, 0.25) is 0 Å². The predicted molar refractivity (Wildman–Crippen MR) is 88.7 cm³/mol. The summed E-state index contributed by atoms with van der Waals surface area (Å²) in [5.74, 6) is 1.83. The smallest absolute Gasteiger partial charge is 0.135 e. The minimum atomic E-state index is 0.000226. The number of anilines is 1. The second-order valence-electron chi connectivity index (χ2n) is 7.08. The topological polar surface area (TPSA) is 49.8 Å². The first kappa shape index (κ1) is 16.2. The second kappa shape index (κ2) is 7.74.